The third kappa shape index (κ3) is 3.57. The van der Waals surface area contributed by atoms with Crippen molar-refractivity contribution in [2.75, 3.05) is 0 Å². The van der Waals surface area contributed by atoms with Gasteiger partial charge < -0.3 is 5.32 Å². The minimum atomic E-state index is -0.320. The van der Waals surface area contributed by atoms with Crippen LogP contribution in [0.15, 0.2) is 47.3 Å². The molecule has 2 aromatic carbocycles. The lowest BCUT2D eigenvalue weighted by Crippen LogP contribution is -2.35. The molecule has 1 aromatic heterocycles. The summed E-state index contributed by atoms with van der Waals surface area (Å²) in [6.45, 7) is 5.84. The first-order valence-corrected chi connectivity index (χ1v) is 8.15. The average molecular weight is 336 g/mol. The highest BCUT2D eigenvalue weighted by Crippen LogP contribution is 2.16. The SMILES string of the molecule is Cc1ccc([C@@H](C)NC(=O)Cn2nnc3ccccc3c2=O)cc1C. The highest BCUT2D eigenvalue weighted by Gasteiger charge is 2.13. The average Bonchev–Trinajstić information content (AvgIpc) is 2.60. The summed E-state index contributed by atoms with van der Waals surface area (Å²) < 4.78 is 1.09. The van der Waals surface area contributed by atoms with Crippen molar-refractivity contribution in [3.05, 3.63) is 69.5 Å². The fourth-order valence-corrected chi connectivity index (χ4v) is 2.67. The molecule has 6 nitrogen and oxygen atoms in total. The molecule has 0 saturated heterocycles. The summed E-state index contributed by atoms with van der Waals surface area (Å²) >= 11 is 0. The minimum absolute atomic E-state index is 0.157. The van der Waals surface area contributed by atoms with Crippen LogP contribution in [-0.4, -0.2) is 20.9 Å². The molecule has 0 aliphatic heterocycles. The van der Waals surface area contributed by atoms with Gasteiger partial charge in [0.25, 0.3) is 5.56 Å². The van der Waals surface area contributed by atoms with Crippen LogP contribution in [0.1, 0.15) is 29.7 Å². The molecule has 0 fully saturated rings. The number of fused-ring (bicyclic) bond motifs is 1. The van der Waals surface area contributed by atoms with Crippen molar-refractivity contribution < 1.29 is 4.79 Å². The maximum absolute atomic E-state index is 12.4. The van der Waals surface area contributed by atoms with E-state index in [1.165, 1.54) is 11.1 Å². The Morgan fingerprint density at radius 3 is 2.68 bits per heavy atom. The monoisotopic (exact) mass is 336 g/mol. The Morgan fingerprint density at radius 2 is 1.92 bits per heavy atom. The summed E-state index contributed by atoms with van der Waals surface area (Å²) in [4.78, 5) is 24.7. The summed E-state index contributed by atoms with van der Waals surface area (Å²) in [6, 6.07) is 12.9. The molecular formula is C19H20N4O2. The Morgan fingerprint density at radius 1 is 1.16 bits per heavy atom. The second kappa shape index (κ2) is 6.84. The molecule has 3 rings (SSSR count). The zero-order valence-corrected chi connectivity index (χ0v) is 14.5. The largest absolute Gasteiger partial charge is 0.348 e. The Kier molecular flexibility index (Phi) is 4.61. The molecule has 25 heavy (non-hydrogen) atoms. The van der Waals surface area contributed by atoms with Crippen molar-refractivity contribution in [2.45, 2.75) is 33.4 Å². The number of hydrogen-bond donors (Lipinski definition) is 1. The molecule has 3 aromatic rings. The zero-order chi connectivity index (χ0) is 18.0. The van der Waals surface area contributed by atoms with E-state index in [0.29, 0.717) is 10.9 Å². The first-order chi connectivity index (χ1) is 12.0. The summed E-state index contributed by atoms with van der Waals surface area (Å²) in [7, 11) is 0. The topological polar surface area (TPSA) is 76.9 Å². The van der Waals surface area contributed by atoms with E-state index in [2.05, 4.69) is 21.7 Å². The third-order valence-electron chi connectivity index (χ3n) is 4.33. The van der Waals surface area contributed by atoms with E-state index in [1.807, 2.05) is 32.9 Å². The fraction of sp³-hybridized carbons (Fsp3) is 0.263. The van der Waals surface area contributed by atoms with Gasteiger partial charge in [0.1, 0.15) is 12.1 Å². The van der Waals surface area contributed by atoms with Crippen LogP contribution in [0.25, 0.3) is 10.9 Å². The number of rotatable bonds is 4. The molecule has 1 heterocycles. The van der Waals surface area contributed by atoms with Crippen LogP contribution in [0.3, 0.4) is 0 Å². The lowest BCUT2D eigenvalue weighted by atomic mass is 10.0. The smallest absolute Gasteiger partial charge is 0.278 e. The number of aryl methyl sites for hydroxylation is 2. The predicted molar refractivity (Wildman–Crippen MR) is 96.3 cm³/mol. The molecule has 0 saturated carbocycles. The van der Waals surface area contributed by atoms with Gasteiger partial charge in [-0.05, 0) is 49.6 Å². The van der Waals surface area contributed by atoms with Crippen LogP contribution in [0.5, 0.6) is 0 Å². The fourth-order valence-electron chi connectivity index (χ4n) is 2.67. The number of carbonyl (C=O) groups is 1. The van der Waals surface area contributed by atoms with E-state index in [4.69, 9.17) is 0 Å². The van der Waals surface area contributed by atoms with E-state index < -0.39 is 0 Å². The lowest BCUT2D eigenvalue weighted by Gasteiger charge is -2.16. The molecule has 0 unspecified atom stereocenters. The van der Waals surface area contributed by atoms with Gasteiger partial charge in [-0.25, -0.2) is 4.68 Å². The van der Waals surface area contributed by atoms with E-state index in [0.717, 1.165) is 10.2 Å². The molecule has 0 radical (unpaired) electrons. The highest BCUT2D eigenvalue weighted by molar-refractivity contribution is 5.78. The quantitative estimate of drug-likeness (QED) is 0.793. The number of nitrogens with zero attached hydrogens (tertiary/aromatic N) is 3. The van der Waals surface area contributed by atoms with Gasteiger partial charge in [-0.15, -0.1) is 5.10 Å². The van der Waals surface area contributed by atoms with Gasteiger partial charge in [-0.3, -0.25) is 9.59 Å². The molecular weight excluding hydrogens is 316 g/mol. The van der Waals surface area contributed by atoms with Gasteiger partial charge in [0, 0.05) is 0 Å². The van der Waals surface area contributed by atoms with Crippen LogP contribution in [-0.2, 0) is 11.3 Å². The highest BCUT2D eigenvalue weighted by atomic mass is 16.2. The standard InChI is InChI=1S/C19H20N4O2/c1-12-8-9-15(10-13(12)2)14(3)20-18(24)11-23-19(25)16-6-4-5-7-17(16)21-22-23/h4-10,14H,11H2,1-3H3,(H,20,24)/t14-/m1/s1. The van der Waals surface area contributed by atoms with Gasteiger partial charge in [-0.1, -0.05) is 35.5 Å². The summed E-state index contributed by atoms with van der Waals surface area (Å²) in [6.07, 6.45) is 0. The van der Waals surface area contributed by atoms with Crippen LogP contribution in [0, 0.1) is 13.8 Å². The molecule has 1 amide bonds. The Labute approximate surface area is 145 Å². The second-order valence-electron chi connectivity index (χ2n) is 6.20. The van der Waals surface area contributed by atoms with Crippen molar-refractivity contribution in [2.24, 2.45) is 0 Å². The number of carbonyl (C=O) groups excluding carboxylic acids is 1. The first-order valence-electron chi connectivity index (χ1n) is 8.15. The number of amides is 1. The Hall–Kier alpha value is -3.02. The van der Waals surface area contributed by atoms with Crippen LogP contribution in [0.4, 0.5) is 0 Å². The summed E-state index contributed by atoms with van der Waals surface area (Å²) in [5, 5.41) is 11.2. The van der Waals surface area contributed by atoms with Crippen molar-refractivity contribution >= 4 is 16.8 Å². The summed E-state index contributed by atoms with van der Waals surface area (Å²) in [5.74, 6) is -0.280. The van der Waals surface area contributed by atoms with Gasteiger partial charge in [0.15, 0.2) is 0 Å². The molecule has 1 N–H and O–H groups in total. The number of hydrogen-bond acceptors (Lipinski definition) is 4. The number of aromatic nitrogens is 3. The first kappa shape index (κ1) is 16.8. The van der Waals surface area contributed by atoms with Crippen molar-refractivity contribution in [1.82, 2.24) is 20.3 Å². The molecule has 6 heteroatoms. The van der Waals surface area contributed by atoms with Crippen LogP contribution in [0.2, 0.25) is 0 Å². The second-order valence-corrected chi connectivity index (χ2v) is 6.20. The van der Waals surface area contributed by atoms with Crippen molar-refractivity contribution in [3.8, 4) is 0 Å². The lowest BCUT2D eigenvalue weighted by molar-refractivity contribution is -0.122. The maximum atomic E-state index is 12.4. The Bertz CT molecular complexity index is 994. The van der Waals surface area contributed by atoms with E-state index in [9.17, 15) is 9.59 Å². The normalized spacial score (nSPS) is 12.1. The number of benzene rings is 2. The summed E-state index contributed by atoms with van der Waals surface area (Å²) in [5.41, 5.74) is 3.61. The van der Waals surface area contributed by atoms with Crippen molar-refractivity contribution in [3.63, 3.8) is 0 Å². The third-order valence-corrected chi connectivity index (χ3v) is 4.33. The zero-order valence-electron chi connectivity index (χ0n) is 14.5. The van der Waals surface area contributed by atoms with Gasteiger partial charge in [0.05, 0.1) is 11.4 Å². The Balaban J connectivity index is 1.75. The van der Waals surface area contributed by atoms with Crippen LogP contribution >= 0.6 is 0 Å². The molecule has 128 valence electrons. The minimum Gasteiger partial charge on any atom is -0.348 e. The number of nitrogens with one attached hydrogen (secondary N) is 1. The van der Waals surface area contributed by atoms with E-state index in [1.54, 1.807) is 24.3 Å². The molecule has 0 aliphatic rings. The molecule has 0 aliphatic carbocycles. The van der Waals surface area contributed by atoms with Crippen LogP contribution < -0.4 is 10.9 Å². The van der Waals surface area contributed by atoms with E-state index >= 15 is 0 Å². The molecule has 0 bridgehead atoms. The molecule has 0 spiro atoms. The molecule has 1 atom stereocenters. The van der Waals surface area contributed by atoms with Crippen molar-refractivity contribution in [1.29, 1.82) is 0 Å². The predicted octanol–water partition coefficient (Wildman–Crippen LogP) is 2.29. The van der Waals surface area contributed by atoms with Gasteiger partial charge in [0.2, 0.25) is 5.91 Å². The van der Waals surface area contributed by atoms with Gasteiger partial charge >= 0.3 is 0 Å². The maximum Gasteiger partial charge on any atom is 0.278 e. The van der Waals surface area contributed by atoms with Gasteiger partial charge in [-0.2, -0.15) is 0 Å². The van der Waals surface area contributed by atoms with E-state index in [-0.39, 0.29) is 24.1 Å².